The highest BCUT2D eigenvalue weighted by Crippen LogP contribution is 2.26. The number of benzene rings is 3. The third-order valence-electron chi connectivity index (χ3n) is 6.26. The van der Waals surface area contributed by atoms with Crippen molar-refractivity contribution in [1.82, 2.24) is 10.2 Å². The first-order chi connectivity index (χ1) is 18.4. The van der Waals surface area contributed by atoms with Gasteiger partial charge in [-0.1, -0.05) is 77.3 Å². The van der Waals surface area contributed by atoms with Gasteiger partial charge in [0, 0.05) is 19.5 Å². The average Bonchev–Trinajstić information content (AvgIpc) is 2.87. The van der Waals surface area contributed by atoms with E-state index in [0.717, 1.165) is 21.7 Å². The van der Waals surface area contributed by atoms with Crippen molar-refractivity contribution in [3.63, 3.8) is 0 Å². The molecule has 39 heavy (non-hydrogen) atoms. The van der Waals surface area contributed by atoms with E-state index in [1.54, 1.807) is 44.2 Å². The van der Waals surface area contributed by atoms with E-state index in [1.807, 2.05) is 43.3 Å². The summed E-state index contributed by atoms with van der Waals surface area (Å²) in [5.74, 6) is -0.870. The second-order valence-corrected chi connectivity index (χ2v) is 12.2. The Balaban J connectivity index is 2.07. The van der Waals surface area contributed by atoms with Crippen molar-refractivity contribution in [2.24, 2.45) is 0 Å². The number of amides is 2. The Morgan fingerprint density at radius 2 is 1.62 bits per heavy atom. The number of likely N-dealkylation sites (N-methyl/N-ethyl adjacent to an activating group) is 1. The summed E-state index contributed by atoms with van der Waals surface area (Å²) in [4.78, 5) is 28.8. The lowest BCUT2D eigenvalue weighted by Crippen LogP contribution is -2.53. The van der Waals surface area contributed by atoms with Gasteiger partial charge in [-0.15, -0.1) is 0 Å². The molecule has 3 aromatic carbocycles. The Morgan fingerprint density at radius 1 is 0.923 bits per heavy atom. The van der Waals surface area contributed by atoms with Crippen LogP contribution in [0.4, 0.5) is 5.69 Å². The van der Waals surface area contributed by atoms with Gasteiger partial charge in [-0.3, -0.25) is 13.9 Å². The second-order valence-electron chi connectivity index (χ2n) is 9.43. The molecule has 1 N–H and O–H groups in total. The number of carbonyl (C=O) groups is 2. The summed E-state index contributed by atoms with van der Waals surface area (Å²) in [7, 11) is -3.84. The van der Waals surface area contributed by atoms with Crippen LogP contribution < -0.4 is 9.62 Å². The van der Waals surface area contributed by atoms with E-state index in [4.69, 9.17) is 23.2 Å². The van der Waals surface area contributed by atoms with Crippen LogP contribution in [0.5, 0.6) is 0 Å². The highest BCUT2D eigenvalue weighted by molar-refractivity contribution is 7.92. The first kappa shape index (κ1) is 30.5. The minimum Gasteiger partial charge on any atom is -0.355 e. The predicted octanol–water partition coefficient (Wildman–Crippen LogP) is 5.15. The Kier molecular flexibility index (Phi) is 10.4. The number of anilines is 1. The summed E-state index contributed by atoms with van der Waals surface area (Å²) in [6.07, 6.45) is 1.30. The average molecular weight is 591 g/mol. The van der Waals surface area contributed by atoms with Gasteiger partial charge in [-0.2, -0.15) is 0 Å². The molecule has 0 fully saturated rings. The summed E-state index contributed by atoms with van der Waals surface area (Å²) in [6.45, 7) is 5.42. The fourth-order valence-corrected chi connectivity index (χ4v) is 5.59. The Hall–Kier alpha value is -3.07. The molecule has 1 atom stereocenters. The molecule has 0 saturated heterocycles. The fraction of sp³-hybridized carbons (Fsp3) is 0.310. The number of carbonyl (C=O) groups excluding carboxylic acids is 2. The summed E-state index contributed by atoms with van der Waals surface area (Å²) in [5, 5.41) is 3.50. The molecule has 0 spiro atoms. The summed E-state index contributed by atoms with van der Waals surface area (Å²) >= 11 is 12.4. The van der Waals surface area contributed by atoms with Gasteiger partial charge in [-0.05, 0) is 55.7 Å². The lowest BCUT2D eigenvalue weighted by Gasteiger charge is -2.33. The monoisotopic (exact) mass is 589 g/mol. The van der Waals surface area contributed by atoms with Crippen LogP contribution in [0.25, 0.3) is 0 Å². The number of rotatable bonds is 11. The smallest absolute Gasteiger partial charge is 0.244 e. The predicted molar refractivity (Wildman–Crippen MR) is 158 cm³/mol. The van der Waals surface area contributed by atoms with Crippen LogP contribution in [0.1, 0.15) is 29.2 Å². The van der Waals surface area contributed by atoms with Gasteiger partial charge in [0.1, 0.15) is 12.6 Å². The van der Waals surface area contributed by atoms with E-state index in [9.17, 15) is 18.0 Å². The normalized spacial score (nSPS) is 12.1. The molecule has 0 aromatic heterocycles. The molecule has 208 valence electrons. The van der Waals surface area contributed by atoms with E-state index in [1.165, 1.54) is 4.90 Å². The second kappa shape index (κ2) is 13.3. The molecule has 3 aromatic rings. The number of nitrogens with one attached hydrogen (secondary N) is 1. The molecule has 10 heteroatoms. The first-order valence-electron chi connectivity index (χ1n) is 12.5. The molecule has 0 aliphatic heterocycles. The molecule has 7 nitrogen and oxygen atoms in total. The summed E-state index contributed by atoms with van der Waals surface area (Å²) < 4.78 is 26.9. The molecule has 0 aliphatic carbocycles. The Bertz CT molecular complexity index is 1430. The largest absolute Gasteiger partial charge is 0.355 e. The van der Waals surface area contributed by atoms with Crippen LogP contribution in [0.3, 0.4) is 0 Å². The molecule has 0 saturated carbocycles. The molecular formula is C29H33Cl2N3O4S. The standard InChI is InChI=1S/C29H33Cl2N3O4S/c1-5-32-29(36)27(17-22-9-7-6-8-10-22)33(18-23-12-13-24(30)25(31)16-23)28(35)19-34(39(4,37)38)26-14-11-20(2)15-21(26)3/h6-16,27H,5,17-19H2,1-4H3,(H,32,36)/t27-/m1/s1. The summed E-state index contributed by atoms with van der Waals surface area (Å²) in [6, 6.07) is 18.8. The van der Waals surface area contributed by atoms with Crippen molar-refractivity contribution >= 4 is 50.7 Å². The van der Waals surface area contributed by atoms with Crippen molar-refractivity contribution in [2.45, 2.75) is 39.8 Å². The molecule has 0 aliphatic rings. The topological polar surface area (TPSA) is 86.8 Å². The van der Waals surface area contributed by atoms with Gasteiger partial charge in [0.15, 0.2) is 0 Å². The molecule has 2 amide bonds. The molecule has 0 unspecified atom stereocenters. The van der Waals surface area contributed by atoms with Gasteiger partial charge in [0.2, 0.25) is 21.8 Å². The van der Waals surface area contributed by atoms with E-state index < -0.39 is 28.5 Å². The maximum Gasteiger partial charge on any atom is 0.244 e. The Morgan fingerprint density at radius 3 is 2.21 bits per heavy atom. The molecule has 0 radical (unpaired) electrons. The molecule has 0 bridgehead atoms. The van der Waals surface area contributed by atoms with Gasteiger partial charge in [0.05, 0.1) is 22.0 Å². The third kappa shape index (κ3) is 8.21. The fourth-order valence-electron chi connectivity index (χ4n) is 4.36. The number of halogens is 2. The number of aryl methyl sites for hydroxylation is 2. The van der Waals surface area contributed by atoms with E-state index in [2.05, 4.69) is 5.32 Å². The van der Waals surface area contributed by atoms with E-state index in [-0.39, 0.29) is 18.9 Å². The highest BCUT2D eigenvalue weighted by atomic mass is 35.5. The van der Waals surface area contributed by atoms with Gasteiger partial charge in [-0.25, -0.2) is 8.42 Å². The zero-order valence-electron chi connectivity index (χ0n) is 22.4. The van der Waals surface area contributed by atoms with Crippen molar-refractivity contribution in [3.8, 4) is 0 Å². The van der Waals surface area contributed by atoms with Crippen molar-refractivity contribution in [1.29, 1.82) is 0 Å². The van der Waals surface area contributed by atoms with Gasteiger partial charge in [0.25, 0.3) is 0 Å². The highest BCUT2D eigenvalue weighted by Gasteiger charge is 2.33. The van der Waals surface area contributed by atoms with Gasteiger partial charge < -0.3 is 10.2 Å². The lowest BCUT2D eigenvalue weighted by atomic mass is 10.0. The zero-order valence-corrected chi connectivity index (χ0v) is 24.8. The number of hydrogen-bond donors (Lipinski definition) is 1. The van der Waals surface area contributed by atoms with Crippen LogP contribution in [-0.2, 0) is 32.6 Å². The van der Waals surface area contributed by atoms with E-state index >= 15 is 0 Å². The van der Waals surface area contributed by atoms with Crippen LogP contribution in [0.2, 0.25) is 10.0 Å². The van der Waals surface area contributed by atoms with Crippen molar-refractivity contribution < 1.29 is 18.0 Å². The SMILES string of the molecule is CCNC(=O)[C@@H](Cc1ccccc1)N(Cc1ccc(Cl)c(Cl)c1)C(=O)CN(c1ccc(C)cc1C)S(C)(=O)=O. The van der Waals surface area contributed by atoms with Crippen LogP contribution in [0.15, 0.2) is 66.7 Å². The minimum absolute atomic E-state index is 0.0227. The minimum atomic E-state index is -3.84. The number of sulfonamides is 1. The quantitative estimate of drug-likeness (QED) is 0.335. The van der Waals surface area contributed by atoms with Crippen molar-refractivity contribution in [2.75, 3.05) is 23.7 Å². The van der Waals surface area contributed by atoms with Gasteiger partial charge >= 0.3 is 0 Å². The maximum absolute atomic E-state index is 14.0. The molecular weight excluding hydrogens is 557 g/mol. The van der Waals surface area contributed by atoms with Crippen molar-refractivity contribution in [3.05, 3.63) is 99.0 Å². The van der Waals surface area contributed by atoms with E-state index in [0.29, 0.717) is 33.4 Å². The van der Waals surface area contributed by atoms with Crippen LogP contribution >= 0.6 is 23.2 Å². The maximum atomic E-state index is 14.0. The third-order valence-corrected chi connectivity index (χ3v) is 8.12. The molecule has 3 rings (SSSR count). The first-order valence-corrected chi connectivity index (χ1v) is 15.1. The van der Waals surface area contributed by atoms with Crippen LogP contribution in [0, 0.1) is 13.8 Å². The van der Waals surface area contributed by atoms with Crippen LogP contribution in [-0.4, -0.2) is 50.5 Å². The number of nitrogens with zero attached hydrogens (tertiary/aromatic N) is 2. The number of hydrogen-bond acceptors (Lipinski definition) is 4. The zero-order chi connectivity index (χ0) is 28.7. The Labute approximate surface area is 240 Å². The summed E-state index contributed by atoms with van der Waals surface area (Å²) in [5.41, 5.74) is 3.60. The lowest BCUT2D eigenvalue weighted by molar-refractivity contribution is -0.140. The molecule has 0 heterocycles.